The molecule has 24 heavy (non-hydrogen) atoms. The van der Waals surface area contributed by atoms with E-state index >= 15 is 0 Å². The van der Waals surface area contributed by atoms with Crippen LogP contribution in [0.3, 0.4) is 0 Å². The molecular formula is C17H21NO6. The quantitative estimate of drug-likeness (QED) is 0.869. The molecule has 1 aromatic carbocycles. The first-order chi connectivity index (χ1) is 11.6. The van der Waals surface area contributed by atoms with Crippen molar-refractivity contribution in [2.45, 2.75) is 25.0 Å². The van der Waals surface area contributed by atoms with E-state index in [9.17, 15) is 9.59 Å². The molecule has 7 heteroatoms. The maximum Gasteiger partial charge on any atom is 0.334 e. The van der Waals surface area contributed by atoms with Crippen molar-refractivity contribution in [1.29, 1.82) is 0 Å². The Kier molecular flexibility index (Phi) is 5.32. The van der Waals surface area contributed by atoms with E-state index in [1.807, 2.05) is 0 Å². The molecule has 2 atom stereocenters. The zero-order valence-corrected chi connectivity index (χ0v) is 13.3. The first kappa shape index (κ1) is 16.7. The van der Waals surface area contributed by atoms with E-state index < -0.39 is 12.1 Å². The molecule has 1 amide bonds. The van der Waals surface area contributed by atoms with Crippen molar-refractivity contribution < 1.29 is 28.9 Å². The first-order valence-electron chi connectivity index (χ1n) is 8.11. The predicted octanol–water partition coefficient (Wildman–Crippen LogP) is 1.17. The van der Waals surface area contributed by atoms with Gasteiger partial charge in [-0.05, 0) is 37.1 Å². The largest absolute Gasteiger partial charge is 0.491 e. The zero-order chi connectivity index (χ0) is 16.9. The van der Waals surface area contributed by atoms with Crippen molar-refractivity contribution in [3.05, 3.63) is 29.8 Å². The van der Waals surface area contributed by atoms with Gasteiger partial charge in [0.1, 0.15) is 12.4 Å². The van der Waals surface area contributed by atoms with E-state index in [2.05, 4.69) is 0 Å². The maximum absolute atomic E-state index is 12.5. The van der Waals surface area contributed by atoms with E-state index in [1.165, 1.54) is 4.90 Å². The Hall–Kier alpha value is -2.12. The highest BCUT2D eigenvalue weighted by Crippen LogP contribution is 2.18. The Morgan fingerprint density at radius 2 is 2.00 bits per heavy atom. The second-order valence-electron chi connectivity index (χ2n) is 5.92. The van der Waals surface area contributed by atoms with E-state index in [-0.39, 0.29) is 25.2 Å². The number of carboxylic acids is 1. The smallest absolute Gasteiger partial charge is 0.334 e. The lowest BCUT2D eigenvalue weighted by atomic mass is 10.1. The van der Waals surface area contributed by atoms with Crippen molar-refractivity contribution >= 4 is 11.9 Å². The van der Waals surface area contributed by atoms with Crippen molar-refractivity contribution in [3.63, 3.8) is 0 Å². The average Bonchev–Trinajstić information content (AvgIpc) is 3.13. The number of ether oxygens (including phenoxy) is 3. The van der Waals surface area contributed by atoms with Crippen LogP contribution in [0.2, 0.25) is 0 Å². The second kappa shape index (κ2) is 7.63. The van der Waals surface area contributed by atoms with Gasteiger partial charge in [0.2, 0.25) is 0 Å². The lowest BCUT2D eigenvalue weighted by Crippen LogP contribution is -2.48. The minimum Gasteiger partial charge on any atom is -0.491 e. The van der Waals surface area contributed by atoms with Gasteiger partial charge in [0.15, 0.2) is 6.10 Å². The highest BCUT2D eigenvalue weighted by Gasteiger charge is 2.29. The lowest BCUT2D eigenvalue weighted by Gasteiger charge is -2.30. The Bertz CT molecular complexity index is 581. The van der Waals surface area contributed by atoms with E-state index in [1.54, 1.807) is 24.3 Å². The number of amides is 1. The number of nitrogens with zero attached hydrogens (tertiary/aromatic N) is 1. The molecule has 130 valence electrons. The Balaban J connectivity index is 1.56. The van der Waals surface area contributed by atoms with Gasteiger partial charge in [-0.3, -0.25) is 4.79 Å². The minimum absolute atomic E-state index is 0.0609. The molecule has 1 aromatic rings. The van der Waals surface area contributed by atoms with Crippen LogP contribution >= 0.6 is 0 Å². The van der Waals surface area contributed by atoms with Crippen LogP contribution in [0.1, 0.15) is 23.2 Å². The molecule has 0 unspecified atom stereocenters. The summed E-state index contributed by atoms with van der Waals surface area (Å²) in [5.74, 6) is -0.562. The Morgan fingerprint density at radius 3 is 2.67 bits per heavy atom. The molecule has 7 nitrogen and oxygen atoms in total. The molecule has 0 aliphatic carbocycles. The number of rotatable bonds is 5. The summed E-state index contributed by atoms with van der Waals surface area (Å²) in [5.41, 5.74) is 0.505. The molecule has 2 aliphatic heterocycles. The maximum atomic E-state index is 12.5. The van der Waals surface area contributed by atoms with Gasteiger partial charge in [0.25, 0.3) is 5.91 Å². The van der Waals surface area contributed by atoms with Gasteiger partial charge in [-0.15, -0.1) is 0 Å². The molecule has 0 radical (unpaired) electrons. The van der Waals surface area contributed by atoms with Gasteiger partial charge < -0.3 is 24.2 Å². The third-order valence-electron chi connectivity index (χ3n) is 4.19. The van der Waals surface area contributed by atoms with Crippen LogP contribution in [-0.4, -0.2) is 67.0 Å². The summed E-state index contributed by atoms with van der Waals surface area (Å²) in [6.07, 6.45) is 1.26. The summed E-state index contributed by atoms with van der Waals surface area (Å²) in [4.78, 5) is 25.0. The summed E-state index contributed by atoms with van der Waals surface area (Å²) in [6.45, 7) is 1.98. The molecule has 0 saturated carbocycles. The van der Waals surface area contributed by atoms with E-state index in [0.29, 0.717) is 24.5 Å². The van der Waals surface area contributed by atoms with Crippen LogP contribution in [0, 0.1) is 0 Å². The van der Waals surface area contributed by atoms with Gasteiger partial charge in [-0.2, -0.15) is 0 Å². The number of carboxylic acid groups (broad SMARTS) is 1. The molecule has 2 fully saturated rings. The molecule has 1 N–H and O–H groups in total. The first-order valence-corrected chi connectivity index (χ1v) is 8.11. The number of carbonyl (C=O) groups excluding carboxylic acids is 1. The average molecular weight is 335 g/mol. The fourth-order valence-corrected chi connectivity index (χ4v) is 2.82. The number of aliphatic carboxylic acids is 1. The number of carbonyl (C=O) groups is 2. The Morgan fingerprint density at radius 1 is 1.21 bits per heavy atom. The van der Waals surface area contributed by atoms with E-state index in [0.717, 1.165) is 19.4 Å². The van der Waals surface area contributed by atoms with Gasteiger partial charge in [0.05, 0.1) is 19.3 Å². The van der Waals surface area contributed by atoms with Gasteiger partial charge in [0, 0.05) is 18.7 Å². The minimum atomic E-state index is -1.05. The van der Waals surface area contributed by atoms with Crippen molar-refractivity contribution in [2.75, 3.05) is 32.9 Å². The summed E-state index contributed by atoms with van der Waals surface area (Å²) in [5, 5.41) is 9.00. The summed E-state index contributed by atoms with van der Waals surface area (Å²) >= 11 is 0. The van der Waals surface area contributed by atoms with Gasteiger partial charge in [-0.1, -0.05) is 0 Å². The summed E-state index contributed by atoms with van der Waals surface area (Å²) < 4.78 is 16.3. The van der Waals surface area contributed by atoms with Crippen LogP contribution in [0.15, 0.2) is 24.3 Å². The fourth-order valence-electron chi connectivity index (χ4n) is 2.82. The highest BCUT2D eigenvalue weighted by atomic mass is 16.5. The molecular weight excluding hydrogens is 314 g/mol. The number of hydrogen-bond donors (Lipinski definition) is 1. The normalized spacial score (nSPS) is 23.9. The lowest BCUT2D eigenvalue weighted by molar-refractivity contribution is -0.154. The second-order valence-corrected chi connectivity index (χ2v) is 5.92. The zero-order valence-electron chi connectivity index (χ0n) is 13.3. The SMILES string of the molecule is O=C(O)[C@@H]1CN(C(=O)c2ccc(OC[C@H]3CCCO3)cc2)CCO1. The fraction of sp³-hybridized carbons (Fsp3) is 0.529. The van der Waals surface area contributed by atoms with Crippen LogP contribution in [0.4, 0.5) is 0 Å². The van der Waals surface area contributed by atoms with Crippen molar-refractivity contribution in [3.8, 4) is 5.75 Å². The highest BCUT2D eigenvalue weighted by molar-refractivity contribution is 5.94. The standard InChI is InChI=1S/C17H21NO6/c19-16(18-7-9-23-15(10-18)17(20)21)12-3-5-13(6-4-12)24-11-14-2-1-8-22-14/h3-6,14-15H,1-2,7-11H2,(H,20,21)/t14-,15+/m1/s1. The van der Waals surface area contributed by atoms with Crippen LogP contribution in [0.25, 0.3) is 0 Å². The number of hydrogen-bond acceptors (Lipinski definition) is 5. The van der Waals surface area contributed by atoms with Crippen LogP contribution < -0.4 is 4.74 Å². The summed E-state index contributed by atoms with van der Waals surface area (Å²) in [6, 6.07) is 6.88. The molecule has 0 aromatic heterocycles. The third kappa shape index (κ3) is 4.04. The van der Waals surface area contributed by atoms with E-state index in [4.69, 9.17) is 19.3 Å². The van der Waals surface area contributed by atoms with Crippen LogP contribution in [0.5, 0.6) is 5.75 Å². The third-order valence-corrected chi connectivity index (χ3v) is 4.19. The molecule has 0 spiro atoms. The van der Waals surface area contributed by atoms with Gasteiger partial charge >= 0.3 is 5.97 Å². The Labute approximate surface area is 140 Å². The van der Waals surface area contributed by atoms with Crippen LogP contribution in [-0.2, 0) is 14.3 Å². The van der Waals surface area contributed by atoms with Gasteiger partial charge in [-0.25, -0.2) is 4.79 Å². The topological polar surface area (TPSA) is 85.3 Å². The predicted molar refractivity (Wildman–Crippen MR) is 84.2 cm³/mol. The molecule has 3 rings (SSSR count). The van der Waals surface area contributed by atoms with Crippen molar-refractivity contribution in [2.24, 2.45) is 0 Å². The molecule has 0 bridgehead atoms. The number of morpholine rings is 1. The molecule has 2 aliphatic rings. The monoisotopic (exact) mass is 335 g/mol. The molecule has 2 saturated heterocycles. The molecule has 2 heterocycles. The number of benzene rings is 1. The summed E-state index contributed by atoms with van der Waals surface area (Å²) in [7, 11) is 0. The van der Waals surface area contributed by atoms with Crippen molar-refractivity contribution in [1.82, 2.24) is 4.90 Å².